The van der Waals surface area contributed by atoms with E-state index in [0.717, 1.165) is 22.3 Å². The van der Waals surface area contributed by atoms with Crippen molar-refractivity contribution in [2.45, 2.75) is 199 Å². The first-order valence-electron chi connectivity index (χ1n) is 29.3. The van der Waals surface area contributed by atoms with E-state index in [9.17, 15) is 5.11 Å². The van der Waals surface area contributed by atoms with Gasteiger partial charge in [0.05, 0.1) is 77.3 Å². The Labute approximate surface area is 496 Å². The van der Waals surface area contributed by atoms with Crippen LogP contribution in [0.3, 0.4) is 0 Å². The number of nitrogens with one attached hydrogen (secondary N) is 1. The van der Waals surface area contributed by atoms with Crippen LogP contribution in [0.25, 0.3) is 0 Å². The maximum absolute atomic E-state index is 10.0. The summed E-state index contributed by atoms with van der Waals surface area (Å²) < 4.78 is 96.6. The summed E-state index contributed by atoms with van der Waals surface area (Å²) in [7, 11) is 0. The fourth-order valence-electron chi connectivity index (χ4n) is 11.0. The van der Waals surface area contributed by atoms with Gasteiger partial charge in [-0.25, -0.2) is 0 Å². The minimum absolute atomic E-state index is 0.0662. The maximum Gasteiger partial charge on any atom is 0.206 e. The average Bonchev–Trinajstić information content (AvgIpc) is 3.68. The zero-order valence-electron chi connectivity index (χ0n) is 50.1. The Morgan fingerprint density at radius 1 is 0.500 bits per heavy atom. The van der Waals surface area contributed by atoms with Gasteiger partial charge in [0, 0.05) is 18.8 Å². The highest BCUT2D eigenvalue weighted by Crippen LogP contribution is 2.42. The van der Waals surface area contributed by atoms with E-state index in [0.29, 0.717) is 52.9 Å². The smallest absolute Gasteiger partial charge is 0.206 e. The summed E-state index contributed by atoms with van der Waals surface area (Å²) in [6.07, 6.45) is -3.16. The van der Waals surface area contributed by atoms with Gasteiger partial charge in [-0.3, -0.25) is 5.41 Å². The molecule has 6 heterocycles. The van der Waals surface area contributed by atoms with Gasteiger partial charge < -0.3 is 80.9 Å². The number of aliphatic hydroxyl groups is 1. The Balaban J connectivity index is 0.000000180. The lowest BCUT2D eigenvalue weighted by Gasteiger charge is -2.45. The van der Waals surface area contributed by atoms with Crippen molar-refractivity contribution < 1.29 is 80.9 Å². The Bertz CT molecular complexity index is 2580. The van der Waals surface area contributed by atoms with E-state index in [1.54, 1.807) is 26.0 Å². The molecule has 4 aromatic carbocycles. The van der Waals surface area contributed by atoms with Crippen molar-refractivity contribution in [2.24, 2.45) is 11.8 Å². The van der Waals surface area contributed by atoms with E-state index in [2.05, 4.69) is 44.3 Å². The maximum atomic E-state index is 10.0. The van der Waals surface area contributed by atoms with Crippen molar-refractivity contribution in [1.29, 1.82) is 5.41 Å². The standard InChI is InChI=1S/C32H42O8.C22H27NO4.C12H20O5/c1-6-17-33-31-29-28(39-32(4,5)40-29)27(22(3)37-31)38-30-21(2)26(35-19-24-15-11-8-12-16-24)25(20-36-30)34-18-23-13-9-7-10-14-23;1-16-21(25-14-19-11-7-4-8-12-19)20(15-26-22(16)27-17(2)23)24-13-18-9-5-3-6-10-18;1-5-6-14-11-10-9(8(13)7(2)15-11)16-12(3,4)17-10/h6-16,21-22,25-31H,1,17-20H2,2-5H3;3-12,16,20-23H,13-15H2,1-2H3;5,7-11,13H,1,6H2,2-4H3/t21?,22?,25-,26?,27+,28?,29?,30+,31-;16?,20-,21?,22+;7?,8-,9?,10?,11+/m110/s1. The van der Waals surface area contributed by atoms with Gasteiger partial charge in [-0.15, -0.1) is 13.2 Å². The van der Waals surface area contributed by atoms with E-state index in [4.69, 9.17) is 81.2 Å². The summed E-state index contributed by atoms with van der Waals surface area (Å²) in [5, 5.41) is 17.6. The number of fused-ring (bicyclic) bond motifs is 2. The Morgan fingerprint density at radius 3 is 1.30 bits per heavy atom. The lowest BCUT2D eigenvalue weighted by atomic mass is 9.95. The molecule has 0 aliphatic carbocycles. The van der Waals surface area contributed by atoms with Crippen LogP contribution in [0.5, 0.6) is 0 Å². The van der Waals surface area contributed by atoms with Gasteiger partial charge in [-0.2, -0.15) is 0 Å². The predicted octanol–water partition coefficient (Wildman–Crippen LogP) is 9.98. The highest BCUT2D eigenvalue weighted by Gasteiger charge is 2.57. The van der Waals surface area contributed by atoms with Crippen molar-refractivity contribution in [3.63, 3.8) is 0 Å². The summed E-state index contributed by atoms with van der Waals surface area (Å²) >= 11 is 0. The highest BCUT2D eigenvalue weighted by molar-refractivity contribution is 5.69. The van der Waals surface area contributed by atoms with Crippen molar-refractivity contribution >= 4 is 5.90 Å². The van der Waals surface area contributed by atoms with Crippen LogP contribution in [0.4, 0.5) is 0 Å². The minimum Gasteiger partial charge on any atom is -0.452 e. The van der Waals surface area contributed by atoms with Crippen LogP contribution in [0.15, 0.2) is 147 Å². The first kappa shape index (κ1) is 65.2. The summed E-state index contributed by atoms with van der Waals surface area (Å²) in [4.78, 5) is 0. The molecule has 10 rings (SSSR count). The van der Waals surface area contributed by atoms with Crippen LogP contribution in [0.1, 0.15) is 84.6 Å². The predicted molar refractivity (Wildman–Crippen MR) is 312 cm³/mol. The van der Waals surface area contributed by atoms with Crippen LogP contribution in [-0.4, -0.2) is 147 Å². The van der Waals surface area contributed by atoms with Crippen molar-refractivity contribution in [3.05, 3.63) is 169 Å². The van der Waals surface area contributed by atoms with Gasteiger partial charge in [-0.05, 0) is 63.8 Å². The molecule has 2 N–H and O–H groups in total. The van der Waals surface area contributed by atoms with E-state index < -0.39 is 67.3 Å². The second kappa shape index (κ2) is 31.2. The normalized spacial score (nSPS) is 33.8. The van der Waals surface area contributed by atoms with E-state index in [1.165, 1.54) is 0 Å². The molecular formula is C66H89NO17. The average molecular weight is 1170 g/mol. The van der Waals surface area contributed by atoms with Crippen LogP contribution in [0, 0.1) is 17.2 Å². The number of ether oxygens (including phenoxy) is 16. The molecule has 6 aliphatic rings. The fraction of sp³-hybridized carbons (Fsp3) is 0.561. The number of rotatable bonds is 21. The Hall–Kier alpha value is -4.81. The third-order valence-corrected chi connectivity index (χ3v) is 15.2. The summed E-state index contributed by atoms with van der Waals surface area (Å²) in [5.74, 6) is -1.58. The van der Waals surface area contributed by atoms with Gasteiger partial charge in [0.25, 0.3) is 0 Å². The quantitative estimate of drug-likeness (QED) is 0.0455. The molecule has 18 nitrogen and oxygen atoms in total. The minimum atomic E-state index is -0.795. The van der Waals surface area contributed by atoms with E-state index >= 15 is 0 Å². The van der Waals surface area contributed by atoms with Crippen LogP contribution < -0.4 is 0 Å². The summed E-state index contributed by atoms with van der Waals surface area (Å²) in [5.41, 5.74) is 4.42. The first-order valence-corrected chi connectivity index (χ1v) is 29.3. The molecule has 0 spiro atoms. The summed E-state index contributed by atoms with van der Waals surface area (Å²) in [6, 6.07) is 40.4. The number of benzene rings is 4. The van der Waals surface area contributed by atoms with Gasteiger partial charge >= 0.3 is 0 Å². The molecule has 0 amide bonds. The molecule has 18 atom stereocenters. The molecule has 6 saturated heterocycles. The molecule has 0 bridgehead atoms. The SMILES string of the molecule is C=CCO[C@@H]1OC(C)[C@H](O)C2OC(C)(C)OC21.C=CCO[C@@H]1OC(C)[C@H](O[C@@H]2OC[C@@H](OCc3ccccc3)C(OCc3ccccc3)C2C)C2OC(C)(C)OC21.CC(=N)O[C@@H]1OC[C@@H](OCc2ccccc2)C(OCc2ccccc2)C1C. The lowest BCUT2D eigenvalue weighted by Crippen LogP contribution is -2.60. The van der Waals surface area contributed by atoms with Crippen molar-refractivity contribution in [2.75, 3.05) is 26.4 Å². The molecule has 0 radical (unpaired) electrons. The fourth-order valence-corrected chi connectivity index (χ4v) is 11.0. The largest absolute Gasteiger partial charge is 0.452 e. The first-order chi connectivity index (χ1) is 40.4. The second-order valence-corrected chi connectivity index (χ2v) is 22.9. The monoisotopic (exact) mass is 1170 g/mol. The zero-order valence-corrected chi connectivity index (χ0v) is 50.1. The molecule has 460 valence electrons. The van der Waals surface area contributed by atoms with Crippen molar-refractivity contribution in [1.82, 2.24) is 0 Å². The molecular weight excluding hydrogens is 1080 g/mol. The lowest BCUT2D eigenvalue weighted by molar-refractivity contribution is -0.326. The van der Waals surface area contributed by atoms with Crippen molar-refractivity contribution in [3.8, 4) is 0 Å². The molecule has 18 heteroatoms. The van der Waals surface area contributed by atoms with Crippen LogP contribution in [0.2, 0.25) is 0 Å². The van der Waals surface area contributed by atoms with Crippen LogP contribution >= 0.6 is 0 Å². The number of hydrogen-bond donors (Lipinski definition) is 2. The van der Waals surface area contributed by atoms with Gasteiger partial charge in [0.15, 0.2) is 36.3 Å². The second-order valence-electron chi connectivity index (χ2n) is 22.9. The van der Waals surface area contributed by atoms with Gasteiger partial charge in [0.1, 0.15) is 48.8 Å². The van der Waals surface area contributed by atoms with E-state index in [-0.39, 0.29) is 60.5 Å². The zero-order chi connectivity index (χ0) is 59.8. The highest BCUT2D eigenvalue weighted by atomic mass is 16.8. The number of hydrogen-bond acceptors (Lipinski definition) is 18. The third kappa shape index (κ3) is 18.1. The summed E-state index contributed by atoms with van der Waals surface area (Å²) in [6.45, 7) is 27.6. The topological polar surface area (TPSA) is 192 Å². The molecule has 0 aromatic heterocycles. The Morgan fingerprint density at radius 2 is 0.869 bits per heavy atom. The molecule has 0 saturated carbocycles. The van der Waals surface area contributed by atoms with Crippen LogP contribution in [-0.2, 0) is 102 Å². The molecule has 6 fully saturated rings. The number of aliphatic hydroxyl groups excluding tert-OH is 1. The molecule has 4 aromatic rings. The molecule has 84 heavy (non-hydrogen) atoms. The molecule has 10 unspecified atom stereocenters. The van der Waals surface area contributed by atoms with Gasteiger partial charge in [0.2, 0.25) is 6.29 Å². The van der Waals surface area contributed by atoms with Gasteiger partial charge in [-0.1, -0.05) is 147 Å². The Kier molecular flexibility index (Phi) is 24.2. The molecule has 6 aliphatic heterocycles. The van der Waals surface area contributed by atoms with E-state index in [1.807, 2.05) is 139 Å². The third-order valence-electron chi connectivity index (χ3n) is 15.2.